The van der Waals surface area contributed by atoms with Crippen molar-refractivity contribution in [2.24, 2.45) is 0 Å². The van der Waals surface area contributed by atoms with Crippen LogP contribution in [0, 0.1) is 10.1 Å². The second-order valence-corrected chi connectivity index (χ2v) is 7.02. The average Bonchev–Trinajstić information content (AvgIpc) is 2.86. The Balaban J connectivity index is 0.00000220. The summed E-state index contributed by atoms with van der Waals surface area (Å²) in [4.78, 5) is 13.6. The Morgan fingerprint density at radius 1 is 1.29 bits per heavy atom. The van der Waals surface area contributed by atoms with E-state index in [0.717, 1.165) is 4.47 Å². The number of benzene rings is 1. The molecule has 0 saturated carbocycles. The van der Waals surface area contributed by atoms with Crippen LogP contribution in [-0.2, 0) is 16.4 Å². The number of hydrogen-bond acceptors (Lipinski definition) is 5. The van der Waals surface area contributed by atoms with Crippen LogP contribution in [0.5, 0.6) is 0 Å². The number of nitrogens with zero attached hydrogens (tertiary/aromatic N) is 3. The first-order valence-electron chi connectivity index (χ1n) is 5.53. The third-order valence-electron chi connectivity index (χ3n) is 2.60. The molecule has 0 amide bonds. The fraction of sp³-hybridized carbons (Fsp3) is 0.182. The van der Waals surface area contributed by atoms with Gasteiger partial charge in [-0.2, -0.15) is 0 Å². The highest BCUT2D eigenvalue weighted by atomic mass is 79.9. The minimum absolute atomic E-state index is 0. The molecule has 1 aromatic carbocycles. The number of aromatic nitrogens is 2. The van der Waals surface area contributed by atoms with Gasteiger partial charge in [0.25, 0.3) is 0 Å². The fourth-order valence-corrected chi connectivity index (χ4v) is 3.05. The standard InChI is InChI=1S/C11H10BrN3O4S.ClH/c12-9-1-3-10(4-2-9)20(18,19)6-5-14-7-11(13-8-14)15(16)17;/h1-4,7-8H,5-6H2;1H. The van der Waals surface area contributed by atoms with Gasteiger partial charge < -0.3 is 14.7 Å². The van der Waals surface area contributed by atoms with Crippen molar-refractivity contribution in [3.63, 3.8) is 0 Å². The van der Waals surface area contributed by atoms with Crippen LogP contribution in [0.15, 0.2) is 46.2 Å². The molecule has 21 heavy (non-hydrogen) atoms. The number of hydrogen-bond donors (Lipinski definition) is 0. The molecule has 0 aliphatic rings. The smallest absolute Gasteiger partial charge is 0.358 e. The van der Waals surface area contributed by atoms with Crippen LogP contribution in [-0.4, -0.2) is 28.6 Å². The summed E-state index contributed by atoms with van der Waals surface area (Å²) in [6, 6.07) is 6.31. The second-order valence-electron chi connectivity index (χ2n) is 4.00. The maximum absolute atomic E-state index is 12.1. The van der Waals surface area contributed by atoms with Crippen LogP contribution < -0.4 is 0 Å². The normalized spacial score (nSPS) is 10.9. The quantitative estimate of drug-likeness (QED) is 0.571. The molecule has 0 atom stereocenters. The summed E-state index contributed by atoms with van der Waals surface area (Å²) in [6.45, 7) is 0.110. The molecule has 7 nitrogen and oxygen atoms in total. The lowest BCUT2D eigenvalue weighted by Crippen LogP contribution is -2.12. The Labute approximate surface area is 135 Å². The zero-order valence-corrected chi connectivity index (χ0v) is 13.8. The molecule has 2 rings (SSSR count). The molecular formula is C11H11BrClN3O4S. The number of aryl methyl sites for hydroxylation is 1. The van der Waals surface area contributed by atoms with Gasteiger partial charge in [0, 0.05) is 11.0 Å². The second kappa shape index (κ2) is 7.01. The van der Waals surface area contributed by atoms with Gasteiger partial charge in [0.05, 0.1) is 10.6 Å². The van der Waals surface area contributed by atoms with Crippen LogP contribution in [0.3, 0.4) is 0 Å². The van der Waals surface area contributed by atoms with Crippen molar-refractivity contribution in [2.75, 3.05) is 5.75 Å². The topological polar surface area (TPSA) is 95.1 Å². The molecule has 1 aromatic heterocycles. The lowest BCUT2D eigenvalue weighted by molar-refractivity contribution is -0.389. The van der Waals surface area contributed by atoms with Crippen molar-refractivity contribution >= 4 is 44.0 Å². The molecule has 0 aliphatic carbocycles. The Bertz CT molecular complexity index is 730. The van der Waals surface area contributed by atoms with Gasteiger partial charge in [0.1, 0.15) is 6.20 Å². The predicted octanol–water partition coefficient (Wildman–Crippen LogP) is 2.45. The molecule has 2 aromatic rings. The van der Waals surface area contributed by atoms with Crippen LogP contribution in [0.4, 0.5) is 5.82 Å². The largest absolute Gasteiger partial charge is 0.381 e. The third kappa shape index (κ3) is 4.51. The summed E-state index contributed by atoms with van der Waals surface area (Å²) in [5, 5.41) is 10.5. The van der Waals surface area contributed by atoms with E-state index in [2.05, 4.69) is 20.9 Å². The van der Waals surface area contributed by atoms with E-state index < -0.39 is 14.8 Å². The summed E-state index contributed by atoms with van der Waals surface area (Å²) < 4.78 is 26.3. The maximum Gasteiger partial charge on any atom is 0.381 e. The number of imidazole rings is 1. The number of rotatable bonds is 5. The Morgan fingerprint density at radius 3 is 2.43 bits per heavy atom. The van der Waals surface area contributed by atoms with Crippen LogP contribution in [0.25, 0.3) is 0 Å². The van der Waals surface area contributed by atoms with Crippen molar-refractivity contribution in [3.05, 3.63) is 51.4 Å². The Hall–Kier alpha value is -1.45. The fourth-order valence-electron chi connectivity index (χ4n) is 1.55. The van der Waals surface area contributed by atoms with Crippen LogP contribution in [0.2, 0.25) is 0 Å². The third-order valence-corrected chi connectivity index (χ3v) is 4.84. The van der Waals surface area contributed by atoms with E-state index in [0.29, 0.717) is 0 Å². The minimum Gasteiger partial charge on any atom is -0.358 e. The summed E-state index contributed by atoms with van der Waals surface area (Å²) in [7, 11) is -3.43. The van der Waals surface area contributed by atoms with Crippen molar-refractivity contribution in [1.82, 2.24) is 9.55 Å². The van der Waals surface area contributed by atoms with Gasteiger partial charge in [-0.3, -0.25) is 0 Å². The number of sulfone groups is 1. The molecule has 0 saturated heterocycles. The minimum atomic E-state index is -3.43. The lowest BCUT2D eigenvalue weighted by atomic mass is 10.4. The van der Waals surface area contributed by atoms with Crippen molar-refractivity contribution in [1.29, 1.82) is 0 Å². The van der Waals surface area contributed by atoms with Gasteiger partial charge in [-0.15, -0.1) is 12.4 Å². The zero-order chi connectivity index (χ0) is 14.8. The van der Waals surface area contributed by atoms with Crippen LogP contribution >= 0.6 is 28.3 Å². The van der Waals surface area contributed by atoms with Crippen molar-refractivity contribution in [3.8, 4) is 0 Å². The highest BCUT2D eigenvalue weighted by Gasteiger charge is 2.16. The summed E-state index contributed by atoms with van der Waals surface area (Å²) >= 11 is 3.23. The molecule has 0 aliphatic heterocycles. The molecule has 0 unspecified atom stereocenters. The summed E-state index contributed by atoms with van der Waals surface area (Å²) in [5.74, 6) is -0.451. The molecule has 0 fully saturated rings. The molecule has 0 bridgehead atoms. The molecule has 0 N–H and O–H groups in total. The summed E-state index contributed by atoms with van der Waals surface area (Å²) in [5.41, 5.74) is 0. The van der Waals surface area contributed by atoms with Gasteiger partial charge in [0.15, 0.2) is 9.84 Å². The van der Waals surface area contributed by atoms with Gasteiger partial charge in [-0.1, -0.05) is 15.9 Å². The van der Waals surface area contributed by atoms with Gasteiger partial charge in [-0.25, -0.2) is 8.42 Å². The first-order chi connectivity index (χ1) is 9.38. The van der Waals surface area contributed by atoms with E-state index in [9.17, 15) is 18.5 Å². The van der Waals surface area contributed by atoms with Crippen molar-refractivity contribution < 1.29 is 13.3 Å². The monoisotopic (exact) mass is 395 g/mol. The van der Waals surface area contributed by atoms with E-state index in [1.165, 1.54) is 29.2 Å². The lowest BCUT2D eigenvalue weighted by Gasteiger charge is -2.04. The zero-order valence-electron chi connectivity index (χ0n) is 10.5. The molecular weight excluding hydrogens is 386 g/mol. The molecule has 1 heterocycles. The Kier molecular flexibility index (Phi) is 5.87. The number of nitro groups is 1. The molecule has 0 spiro atoms. The first-order valence-corrected chi connectivity index (χ1v) is 7.97. The molecule has 0 radical (unpaired) electrons. The van der Waals surface area contributed by atoms with E-state index in [-0.39, 0.29) is 35.4 Å². The van der Waals surface area contributed by atoms with E-state index in [1.54, 1.807) is 12.1 Å². The molecule has 10 heteroatoms. The first kappa shape index (κ1) is 17.6. The SMILES string of the molecule is Cl.O=[N+]([O-])c1cn(CCS(=O)(=O)c2ccc(Br)cc2)cn1. The van der Waals surface area contributed by atoms with E-state index in [1.807, 2.05) is 0 Å². The van der Waals surface area contributed by atoms with E-state index >= 15 is 0 Å². The maximum atomic E-state index is 12.1. The highest BCUT2D eigenvalue weighted by molar-refractivity contribution is 9.10. The van der Waals surface area contributed by atoms with Gasteiger partial charge in [0.2, 0.25) is 6.33 Å². The van der Waals surface area contributed by atoms with Crippen molar-refractivity contribution in [2.45, 2.75) is 11.4 Å². The number of halogens is 2. The van der Waals surface area contributed by atoms with Gasteiger partial charge >= 0.3 is 5.82 Å². The Morgan fingerprint density at radius 2 is 1.90 bits per heavy atom. The summed E-state index contributed by atoms with van der Waals surface area (Å²) in [6.07, 6.45) is 2.45. The van der Waals surface area contributed by atoms with E-state index in [4.69, 9.17) is 0 Å². The molecule has 114 valence electrons. The van der Waals surface area contributed by atoms with Gasteiger partial charge in [-0.05, 0) is 34.2 Å². The highest BCUT2D eigenvalue weighted by Crippen LogP contribution is 2.16. The van der Waals surface area contributed by atoms with Crippen LogP contribution in [0.1, 0.15) is 0 Å². The predicted molar refractivity (Wildman–Crippen MR) is 82.3 cm³/mol. The average molecular weight is 397 g/mol.